The maximum Gasteiger partial charge on any atom is 0.282 e. The van der Waals surface area contributed by atoms with Crippen LogP contribution in [0.25, 0.3) is 10.9 Å². The first-order valence-corrected chi connectivity index (χ1v) is 12.3. The van der Waals surface area contributed by atoms with Crippen LogP contribution < -0.4 is 10.3 Å². The van der Waals surface area contributed by atoms with Crippen LogP contribution >= 0.6 is 39.1 Å². The molecule has 4 rings (SSSR count). The molecule has 0 fully saturated rings. The van der Waals surface area contributed by atoms with E-state index in [0.717, 1.165) is 22.0 Å². The van der Waals surface area contributed by atoms with E-state index in [1.165, 1.54) is 4.68 Å². The number of ether oxygens (including phenoxy) is 1. The van der Waals surface area contributed by atoms with Gasteiger partial charge in [0.25, 0.3) is 5.56 Å². The Morgan fingerprint density at radius 3 is 2.59 bits per heavy atom. The van der Waals surface area contributed by atoms with Crippen molar-refractivity contribution in [3.63, 3.8) is 0 Å². The van der Waals surface area contributed by atoms with E-state index in [4.69, 9.17) is 32.9 Å². The minimum absolute atomic E-state index is 0.0603. The van der Waals surface area contributed by atoms with Gasteiger partial charge in [0.05, 0.1) is 22.1 Å². The second-order valence-corrected chi connectivity index (χ2v) is 9.67. The third kappa shape index (κ3) is 5.52. The van der Waals surface area contributed by atoms with Crippen molar-refractivity contribution in [1.29, 1.82) is 0 Å². The topological polar surface area (TPSA) is 56.5 Å². The van der Waals surface area contributed by atoms with Crippen LogP contribution in [0.5, 0.6) is 5.75 Å². The van der Waals surface area contributed by atoms with Gasteiger partial charge in [-0.25, -0.2) is 4.98 Å². The zero-order valence-corrected chi connectivity index (χ0v) is 21.7. The van der Waals surface area contributed by atoms with Crippen LogP contribution in [0.2, 0.25) is 10.0 Å². The second-order valence-electron chi connectivity index (χ2n) is 7.91. The highest BCUT2D eigenvalue weighted by Gasteiger charge is 2.15. The highest BCUT2D eigenvalue weighted by molar-refractivity contribution is 9.10. The summed E-state index contributed by atoms with van der Waals surface area (Å²) < 4.78 is 8.02. The molecule has 0 aliphatic heterocycles. The first-order valence-electron chi connectivity index (χ1n) is 10.8. The van der Waals surface area contributed by atoms with E-state index in [1.807, 2.05) is 49.4 Å². The molecule has 0 unspecified atom stereocenters. The van der Waals surface area contributed by atoms with Gasteiger partial charge in [-0.15, -0.1) is 0 Å². The van der Waals surface area contributed by atoms with Crippen molar-refractivity contribution >= 4 is 56.2 Å². The lowest BCUT2D eigenvalue weighted by atomic mass is 10.1. The molecule has 4 aromatic rings. The monoisotopic (exact) mass is 557 g/mol. The normalized spacial score (nSPS) is 12.4. The summed E-state index contributed by atoms with van der Waals surface area (Å²) in [5.74, 6) is 1.24. The molecule has 0 spiro atoms. The summed E-state index contributed by atoms with van der Waals surface area (Å²) >= 11 is 15.8. The standard InChI is InChI=1S/C26H22BrCl2N3O2/c1-3-16(2)25-31-23-10-7-19(27)13-21(23)26(33)32(25)30-14-18-6-11-24(22(29)12-18)34-15-17-4-8-20(28)9-5-17/h4-14,16H,3,15H2,1-2H3/t16-/m1/s1. The first kappa shape index (κ1) is 24.5. The summed E-state index contributed by atoms with van der Waals surface area (Å²) in [6, 6.07) is 18.3. The molecule has 5 nitrogen and oxygen atoms in total. The van der Waals surface area contributed by atoms with Crippen LogP contribution in [-0.2, 0) is 6.61 Å². The van der Waals surface area contributed by atoms with Gasteiger partial charge in [-0.3, -0.25) is 4.79 Å². The molecule has 0 radical (unpaired) electrons. The molecule has 34 heavy (non-hydrogen) atoms. The number of nitrogens with zero attached hydrogens (tertiary/aromatic N) is 3. The molecule has 1 atom stereocenters. The van der Waals surface area contributed by atoms with Crippen LogP contribution in [0.3, 0.4) is 0 Å². The summed E-state index contributed by atoms with van der Waals surface area (Å²) in [6.45, 7) is 4.46. The smallest absolute Gasteiger partial charge is 0.282 e. The summed E-state index contributed by atoms with van der Waals surface area (Å²) in [7, 11) is 0. The Labute approximate surface area is 216 Å². The summed E-state index contributed by atoms with van der Waals surface area (Å²) in [5.41, 5.74) is 2.16. The lowest BCUT2D eigenvalue weighted by Gasteiger charge is -2.14. The average molecular weight is 559 g/mol. The predicted octanol–water partition coefficient (Wildman–Crippen LogP) is 7.44. The van der Waals surface area contributed by atoms with Gasteiger partial charge < -0.3 is 4.74 Å². The second kappa shape index (κ2) is 10.7. The Balaban J connectivity index is 1.62. The van der Waals surface area contributed by atoms with Crippen molar-refractivity contribution in [2.45, 2.75) is 32.8 Å². The Morgan fingerprint density at radius 2 is 1.88 bits per heavy atom. The number of hydrogen-bond acceptors (Lipinski definition) is 4. The van der Waals surface area contributed by atoms with E-state index in [0.29, 0.717) is 39.1 Å². The van der Waals surface area contributed by atoms with Crippen LogP contribution in [0.1, 0.15) is 43.1 Å². The largest absolute Gasteiger partial charge is 0.487 e. The number of benzene rings is 3. The SMILES string of the molecule is CC[C@@H](C)c1nc2ccc(Br)cc2c(=O)n1N=Cc1ccc(OCc2ccc(Cl)cc2)c(Cl)c1. The third-order valence-corrected chi connectivity index (χ3v) is 6.51. The molecule has 3 aromatic carbocycles. The van der Waals surface area contributed by atoms with Gasteiger partial charge in [0.2, 0.25) is 0 Å². The van der Waals surface area contributed by atoms with Gasteiger partial charge in [-0.2, -0.15) is 9.78 Å². The fraction of sp³-hybridized carbons (Fsp3) is 0.192. The molecule has 0 amide bonds. The minimum Gasteiger partial charge on any atom is -0.487 e. The Morgan fingerprint density at radius 1 is 1.12 bits per heavy atom. The molecule has 174 valence electrons. The Kier molecular flexibility index (Phi) is 7.71. The van der Waals surface area contributed by atoms with Crippen molar-refractivity contribution in [3.05, 3.63) is 102 Å². The predicted molar refractivity (Wildman–Crippen MR) is 143 cm³/mol. The maximum absolute atomic E-state index is 13.2. The van der Waals surface area contributed by atoms with Crippen molar-refractivity contribution in [2.75, 3.05) is 0 Å². The first-order chi connectivity index (χ1) is 16.4. The zero-order chi connectivity index (χ0) is 24.2. The molecular formula is C26H22BrCl2N3O2. The van der Waals surface area contributed by atoms with Crippen LogP contribution in [0.4, 0.5) is 0 Å². The molecule has 0 saturated carbocycles. The number of fused-ring (bicyclic) bond motifs is 1. The maximum atomic E-state index is 13.2. The van der Waals surface area contributed by atoms with E-state index >= 15 is 0 Å². The van der Waals surface area contributed by atoms with E-state index in [1.54, 1.807) is 24.4 Å². The molecule has 8 heteroatoms. The fourth-order valence-electron chi connectivity index (χ4n) is 3.36. The van der Waals surface area contributed by atoms with Gasteiger partial charge >= 0.3 is 0 Å². The number of rotatable bonds is 7. The highest BCUT2D eigenvalue weighted by Crippen LogP contribution is 2.26. The molecule has 0 aliphatic rings. The Hall–Kier alpha value is -2.67. The number of aromatic nitrogens is 2. The van der Waals surface area contributed by atoms with Crippen LogP contribution in [-0.4, -0.2) is 15.9 Å². The van der Waals surface area contributed by atoms with Gasteiger partial charge in [-0.05, 0) is 66.1 Å². The van der Waals surface area contributed by atoms with E-state index in [-0.39, 0.29) is 11.5 Å². The van der Waals surface area contributed by atoms with Gasteiger partial charge in [0.1, 0.15) is 18.2 Å². The van der Waals surface area contributed by atoms with Gasteiger partial charge in [0.15, 0.2) is 0 Å². The highest BCUT2D eigenvalue weighted by atomic mass is 79.9. The molecule has 0 aliphatic carbocycles. The summed E-state index contributed by atoms with van der Waals surface area (Å²) in [5, 5.41) is 6.12. The van der Waals surface area contributed by atoms with E-state index < -0.39 is 0 Å². The third-order valence-electron chi connectivity index (χ3n) is 5.47. The zero-order valence-electron chi connectivity index (χ0n) is 18.6. The van der Waals surface area contributed by atoms with Crippen LogP contribution in [0.15, 0.2) is 75.0 Å². The van der Waals surface area contributed by atoms with Crippen molar-refractivity contribution < 1.29 is 4.74 Å². The van der Waals surface area contributed by atoms with Crippen LogP contribution in [0, 0.1) is 0 Å². The molecule has 0 saturated heterocycles. The van der Waals surface area contributed by atoms with Gasteiger partial charge in [-0.1, -0.05) is 65.1 Å². The quantitative estimate of drug-likeness (QED) is 0.221. The molecule has 1 aromatic heterocycles. The van der Waals surface area contributed by atoms with E-state index in [2.05, 4.69) is 28.0 Å². The van der Waals surface area contributed by atoms with Crippen molar-refractivity contribution in [1.82, 2.24) is 9.66 Å². The van der Waals surface area contributed by atoms with E-state index in [9.17, 15) is 4.79 Å². The lowest BCUT2D eigenvalue weighted by Crippen LogP contribution is -2.23. The summed E-state index contributed by atoms with van der Waals surface area (Å²) in [4.78, 5) is 18.0. The number of halogens is 3. The molecule has 1 heterocycles. The van der Waals surface area contributed by atoms with Gasteiger partial charge in [0, 0.05) is 15.4 Å². The van der Waals surface area contributed by atoms with Crippen molar-refractivity contribution in [3.8, 4) is 5.75 Å². The lowest BCUT2D eigenvalue weighted by molar-refractivity contribution is 0.306. The van der Waals surface area contributed by atoms with Crippen molar-refractivity contribution in [2.24, 2.45) is 5.10 Å². The molecule has 0 bridgehead atoms. The fourth-order valence-corrected chi connectivity index (χ4v) is 4.09. The minimum atomic E-state index is -0.216. The number of hydrogen-bond donors (Lipinski definition) is 0. The Bertz CT molecular complexity index is 1420. The average Bonchev–Trinajstić information content (AvgIpc) is 2.83. The molecular weight excluding hydrogens is 537 g/mol. The molecule has 0 N–H and O–H groups in total. The summed E-state index contributed by atoms with van der Waals surface area (Å²) in [6.07, 6.45) is 2.43.